The van der Waals surface area contributed by atoms with Crippen molar-refractivity contribution in [3.63, 3.8) is 0 Å². The van der Waals surface area contributed by atoms with E-state index >= 15 is 0 Å². The molecule has 2 aliphatic rings. The zero-order valence-corrected chi connectivity index (χ0v) is 33.4. The number of nitrogens with one attached hydrogen (secondary N) is 2. The Morgan fingerprint density at radius 1 is 0.926 bits per heavy atom. The largest absolute Gasteiger partial charge is 0.478 e. The van der Waals surface area contributed by atoms with Gasteiger partial charge in [0.25, 0.3) is 0 Å². The molecule has 2 heterocycles. The zero-order valence-electron chi connectivity index (χ0n) is 32.6. The van der Waals surface area contributed by atoms with Crippen molar-refractivity contribution in [2.45, 2.75) is 45.4 Å². The first-order chi connectivity index (χ1) is 25.9. The second kappa shape index (κ2) is 19.3. The normalized spacial score (nSPS) is 14.6. The molecule has 0 bridgehead atoms. The van der Waals surface area contributed by atoms with E-state index < -0.39 is 5.97 Å². The lowest BCUT2D eigenvalue weighted by Gasteiger charge is -2.37. The number of likely N-dealkylation sites (N-methyl/N-ethyl adjacent to an activating group) is 1. The van der Waals surface area contributed by atoms with Crippen LogP contribution in [0.1, 0.15) is 65.6 Å². The first-order valence-corrected chi connectivity index (χ1v) is 19.7. The summed E-state index contributed by atoms with van der Waals surface area (Å²) < 4.78 is 13.8. The molecule has 11 heteroatoms. The number of hydrogen-bond donors (Lipinski definition) is 3. The van der Waals surface area contributed by atoms with Crippen molar-refractivity contribution in [3.8, 4) is 11.5 Å². The van der Waals surface area contributed by atoms with E-state index in [0.717, 1.165) is 121 Å². The van der Waals surface area contributed by atoms with E-state index in [0.29, 0.717) is 27.9 Å². The number of carbonyl (C=O) groups is 1. The Bertz CT molecular complexity index is 1970. The van der Waals surface area contributed by atoms with Gasteiger partial charge in [-0.25, -0.2) is 14.8 Å². The van der Waals surface area contributed by atoms with Crippen LogP contribution in [0.5, 0.6) is 11.5 Å². The van der Waals surface area contributed by atoms with Crippen LogP contribution in [0.2, 0.25) is 0 Å². The summed E-state index contributed by atoms with van der Waals surface area (Å²) in [5.74, 6) is 0.331. The number of hydrogen-bond acceptors (Lipinski definition) is 6. The number of benzene rings is 3. The minimum Gasteiger partial charge on any atom is -0.478 e. The number of morpholine rings is 1. The Labute approximate surface area is 326 Å². The highest BCUT2D eigenvalue weighted by molar-refractivity contribution is 7.80. The molecule has 0 amide bonds. The average molecular weight is 755 g/mol. The first-order valence-electron chi connectivity index (χ1n) is 19.3. The molecule has 0 saturated carbocycles. The third kappa shape index (κ3) is 11.8. The number of nitrogens with zero attached hydrogens (tertiary/aromatic N) is 4. The second-order valence-corrected chi connectivity index (χ2v) is 15.9. The van der Waals surface area contributed by atoms with Gasteiger partial charge in [0, 0.05) is 48.0 Å². The molecule has 0 atom stereocenters. The second-order valence-electron chi connectivity index (χ2n) is 15.5. The number of aryl methyl sites for hydroxylation is 1. The highest BCUT2D eigenvalue weighted by atomic mass is 32.1. The number of carboxylic acid groups (broad SMARTS) is 1. The number of fused-ring (bicyclic) bond motifs is 2. The number of unbranched alkanes of at least 4 members (excludes halogenated alkanes) is 3. The van der Waals surface area contributed by atoms with Crippen molar-refractivity contribution in [2.24, 2.45) is 9.98 Å². The van der Waals surface area contributed by atoms with Gasteiger partial charge >= 0.3 is 5.97 Å². The summed E-state index contributed by atoms with van der Waals surface area (Å²) in [6, 6.07) is 20.0. The van der Waals surface area contributed by atoms with Gasteiger partial charge in [0.15, 0.2) is 5.11 Å². The Kier molecular flexibility index (Phi) is 14.6. The molecule has 288 valence electrons. The van der Waals surface area contributed by atoms with Crippen LogP contribution < -0.4 is 25.8 Å². The number of carboxylic acids is 1. The van der Waals surface area contributed by atoms with Crippen LogP contribution in [-0.2, 0) is 4.74 Å². The van der Waals surface area contributed by atoms with Crippen molar-refractivity contribution in [3.05, 3.63) is 87.3 Å². The lowest BCUT2D eigenvalue weighted by molar-refractivity contribution is -0.916. The predicted molar refractivity (Wildman–Crippen MR) is 222 cm³/mol. The molecule has 1 saturated heterocycles. The first kappa shape index (κ1) is 40.8. The van der Waals surface area contributed by atoms with E-state index in [9.17, 15) is 9.90 Å². The summed E-state index contributed by atoms with van der Waals surface area (Å²) in [7, 11) is 6.86. The van der Waals surface area contributed by atoms with Gasteiger partial charge in [-0.05, 0) is 79.0 Å². The van der Waals surface area contributed by atoms with Crippen molar-refractivity contribution in [2.75, 3.05) is 92.0 Å². The van der Waals surface area contributed by atoms with Gasteiger partial charge < -0.3 is 34.2 Å². The molecule has 3 aromatic rings. The number of aromatic carboxylic acids is 1. The van der Waals surface area contributed by atoms with E-state index in [1.165, 1.54) is 19.3 Å². The number of quaternary nitrogens is 2. The SMILES string of the molecule is C=c1ccc2c(c1)Oc1cc(C)ccc1C=2c1ccc(NC(=S)NCCC[N+](C)(C)CCCCCCN=C=NCCC[N+]2(C)CCOCC2)cc1C(=O)O. The maximum atomic E-state index is 12.6. The van der Waals surface area contributed by atoms with Crippen molar-refractivity contribution < 1.29 is 28.3 Å². The molecule has 3 aromatic carbocycles. The maximum Gasteiger partial charge on any atom is 0.336 e. The molecule has 3 N–H and O–H groups in total. The van der Waals surface area contributed by atoms with Crippen LogP contribution >= 0.6 is 12.2 Å². The van der Waals surface area contributed by atoms with Gasteiger partial charge in [0.1, 0.15) is 24.6 Å². The molecule has 2 aliphatic heterocycles. The molecule has 0 radical (unpaired) electrons. The van der Waals surface area contributed by atoms with Crippen LogP contribution in [0.15, 0.2) is 64.6 Å². The monoisotopic (exact) mass is 754 g/mol. The van der Waals surface area contributed by atoms with Crippen LogP contribution in [0.3, 0.4) is 0 Å². The summed E-state index contributed by atoms with van der Waals surface area (Å²) in [6.07, 6.45) is 6.65. The molecule has 54 heavy (non-hydrogen) atoms. The van der Waals surface area contributed by atoms with Crippen LogP contribution in [0, 0.1) is 6.92 Å². The number of anilines is 1. The topological polar surface area (TPSA) is 105 Å². The fourth-order valence-corrected chi connectivity index (χ4v) is 7.34. The lowest BCUT2D eigenvalue weighted by atomic mass is 9.89. The van der Waals surface area contributed by atoms with Crippen LogP contribution in [0.4, 0.5) is 5.69 Å². The molecule has 0 spiro atoms. The fraction of sp³-hybridized carbons (Fsp3) is 0.465. The van der Waals surface area contributed by atoms with Gasteiger partial charge in [-0.15, -0.1) is 0 Å². The minimum absolute atomic E-state index is 0.178. The van der Waals surface area contributed by atoms with Gasteiger partial charge in [-0.3, -0.25) is 0 Å². The standard InChI is InChI=1S/C43H56N6O4S/c1-32-12-15-36-39(28-32)53-40-29-33(2)13-16-37(40)41(36)35-17-14-34(30-38(35)42(50)51)47-43(54)46-20-11-22-48(3,4)21-9-7-6-8-18-44-31-45-19-10-23-49(5)24-26-52-27-25-49/h12-17,28-30H,1,6-11,18-27H2,2-5H3,(H-2,46,47,50,51,54)/p+2. The summed E-state index contributed by atoms with van der Waals surface area (Å²) in [5.41, 5.74) is 4.12. The van der Waals surface area contributed by atoms with Crippen LogP contribution in [0.25, 0.3) is 12.2 Å². The quantitative estimate of drug-likeness (QED) is 0.0510. The number of ether oxygens (including phenoxy) is 2. The van der Waals surface area contributed by atoms with Crippen molar-refractivity contribution in [1.82, 2.24) is 5.32 Å². The van der Waals surface area contributed by atoms with Gasteiger partial charge in [-0.1, -0.05) is 43.3 Å². The highest BCUT2D eigenvalue weighted by Crippen LogP contribution is 2.38. The van der Waals surface area contributed by atoms with Gasteiger partial charge in [0.2, 0.25) is 0 Å². The summed E-state index contributed by atoms with van der Waals surface area (Å²) >= 11 is 5.60. The van der Waals surface area contributed by atoms with E-state index in [4.69, 9.17) is 21.7 Å². The Morgan fingerprint density at radius 2 is 1.65 bits per heavy atom. The average Bonchev–Trinajstić information content (AvgIpc) is 3.13. The molecule has 0 aliphatic carbocycles. The van der Waals surface area contributed by atoms with E-state index in [2.05, 4.69) is 54.3 Å². The smallest absolute Gasteiger partial charge is 0.336 e. The predicted octanol–water partition coefficient (Wildman–Crippen LogP) is 5.81. The Hall–Kier alpha value is -4.38. The maximum absolute atomic E-state index is 12.6. The van der Waals surface area contributed by atoms with Crippen LogP contribution in [-0.4, -0.2) is 118 Å². The Balaban J connectivity index is 1.02. The number of rotatable bonds is 18. The molecule has 5 rings (SSSR count). The highest BCUT2D eigenvalue weighted by Gasteiger charge is 2.25. The summed E-state index contributed by atoms with van der Waals surface area (Å²) in [5, 5.41) is 19.0. The lowest BCUT2D eigenvalue weighted by Crippen LogP contribution is -2.52. The third-order valence-electron chi connectivity index (χ3n) is 10.4. The molecule has 0 aromatic heterocycles. The zero-order chi connectivity index (χ0) is 38.6. The van der Waals surface area contributed by atoms with E-state index in [-0.39, 0.29) is 5.56 Å². The summed E-state index contributed by atoms with van der Waals surface area (Å²) in [6.45, 7) is 15.6. The van der Waals surface area contributed by atoms with E-state index in [1.54, 1.807) is 6.07 Å². The van der Waals surface area contributed by atoms with E-state index in [1.807, 2.05) is 55.5 Å². The van der Waals surface area contributed by atoms with Gasteiger partial charge in [0.05, 0.1) is 72.1 Å². The molecular formula is C43H58N6O4S+2. The molecule has 10 nitrogen and oxygen atoms in total. The number of aliphatic imine (C=N–C) groups is 2. The fourth-order valence-electron chi connectivity index (χ4n) is 7.12. The molecule has 1 fully saturated rings. The molecule has 0 unspecified atom stereocenters. The van der Waals surface area contributed by atoms with Gasteiger partial charge in [-0.2, -0.15) is 0 Å². The minimum atomic E-state index is -1.02. The third-order valence-corrected chi connectivity index (χ3v) is 10.6. The van der Waals surface area contributed by atoms with Crippen molar-refractivity contribution >= 4 is 47.1 Å². The Morgan fingerprint density at radius 3 is 2.43 bits per heavy atom. The van der Waals surface area contributed by atoms with Crippen molar-refractivity contribution in [1.29, 1.82) is 0 Å². The molecular weight excluding hydrogens is 697 g/mol. The number of thiocarbonyl (C=S) groups is 1. The summed E-state index contributed by atoms with van der Waals surface area (Å²) in [4.78, 5) is 21.4.